The molecule has 3 aromatic rings. The quantitative estimate of drug-likeness (QED) is 0.740. The molecule has 3 heterocycles. The standard InChI is InChI=1S/C18H25N5O2S/c1-4-12(3)26(24,25)10-13-7-11(2)14(8-13)18-22-21-16-9-20-17-15(23(16)18)5-6-19-17/h5-6,9,11-14,19H,4,7-8,10H2,1-3H3/t11-,12?,13+,14+/m1/s1. The highest BCUT2D eigenvalue weighted by Crippen LogP contribution is 2.43. The molecule has 3 aromatic heterocycles. The van der Waals surface area contributed by atoms with E-state index in [1.165, 1.54) is 0 Å². The smallest absolute Gasteiger partial charge is 0.179 e. The third kappa shape index (κ3) is 2.80. The summed E-state index contributed by atoms with van der Waals surface area (Å²) in [6, 6.07) is 1.98. The Balaban J connectivity index is 1.65. The van der Waals surface area contributed by atoms with Crippen molar-refractivity contribution in [3.63, 3.8) is 0 Å². The molecular weight excluding hydrogens is 350 g/mol. The van der Waals surface area contributed by atoms with Crippen LogP contribution in [-0.2, 0) is 9.84 Å². The van der Waals surface area contributed by atoms with E-state index >= 15 is 0 Å². The van der Waals surface area contributed by atoms with Crippen molar-refractivity contribution < 1.29 is 8.42 Å². The van der Waals surface area contributed by atoms with Gasteiger partial charge in [0.05, 0.1) is 22.7 Å². The fourth-order valence-electron chi connectivity index (χ4n) is 4.26. The van der Waals surface area contributed by atoms with Crippen LogP contribution < -0.4 is 0 Å². The fraction of sp³-hybridized carbons (Fsp3) is 0.611. The summed E-state index contributed by atoms with van der Waals surface area (Å²) < 4.78 is 27.1. The Bertz CT molecular complexity index is 1040. The Morgan fingerprint density at radius 1 is 1.35 bits per heavy atom. The van der Waals surface area contributed by atoms with Crippen LogP contribution in [0.3, 0.4) is 0 Å². The molecule has 0 spiro atoms. The van der Waals surface area contributed by atoms with E-state index in [0.29, 0.717) is 12.3 Å². The van der Waals surface area contributed by atoms with Gasteiger partial charge < -0.3 is 4.98 Å². The molecule has 0 amide bonds. The van der Waals surface area contributed by atoms with Crippen molar-refractivity contribution in [2.45, 2.75) is 51.2 Å². The maximum absolute atomic E-state index is 12.5. The van der Waals surface area contributed by atoms with E-state index < -0.39 is 9.84 Å². The average molecular weight is 375 g/mol. The third-order valence-electron chi connectivity index (χ3n) is 5.93. The molecule has 1 unspecified atom stereocenters. The van der Waals surface area contributed by atoms with Gasteiger partial charge in [0.2, 0.25) is 0 Å². The Hall–Kier alpha value is -1.96. The zero-order valence-corrected chi connectivity index (χ0v) is 16.2. The van der Waals surface area contributed by atoms with Gasteiger partial charge in [-0.1, -0.05) is 13.8 Å². The maximum atomic E-state index is 12.5. The number of hydrogen-bond donors (Lipinski definition) is 1. The second-order valence-electron chi connectivity index (χ2n) is 7.69. The van der Waals surface area contributed by atoms with Gasteiger partial charge in [0.25, 0.3) is 0 Å². The zero-order valence-electron chi connectivity index (χ0n) is 15.4. The van der Waals surface area contributed by atoms with Crippen LogP contribution >= 0.6 is 0 Å². The molecule has 7 nitrogen and oxygen atoms in total. The van der Waals surface area contributed by atoms with E-state index in [9.17, 15) is 8.42 Å². The largest absolute Gasteiger partial charge is 0.345 e. The summed E-state index contributed by atoms with van der Waals surface area (Å²) >= 11 is 0. The highest BCUT2D eigenvalue weighted by atomic mass is 32.2. The molecule has 0 aromatic carbocycles. The molecule has 1 aliphatic rings. The second-order valence-corrected chi connectivity index (χ2v) is 10.2. The minimum absolute atomic E-state index is 0.185. The van der Waals surface area contributed by atoms with Crippen molar-refractivity contribution in [3.8, 4) is 0 Å². The van der Waals surface area contributed by atoms with Crippen molar-refractivity contribution in [2.24, 2.45) is 11.8 Å². The van der Waals surface area contributed by atoms with Crippen LogP contribution in [0.1, 0.15) is 51.8 Å². The SMILES string of the molecule is CCC(C)S(=O)(=O)C[C@H]1C[C@@H](C)[C@@H](c2nnc3cnc4[nH]ccc4n23)C1. The van der Waals surface area contributed by atoms with Gasteiger partial charge in [0.15, 0.2) is 21.1 Å². The van der Waals surface area contributed by atoms with E-state index in [2.05, 4.69) is 31.5 Å². The number of H-pyrrole nitrogens is 1. The molecule has 4 atom stereocenters. The van der Waals surface area contributed by atoms with Gasteiger partial charge in [0, 0.05) is 12.1 Å². The summed E-state index contributed by atoms with van der Waals surface area (Å²) in [4.78, 5) is 7.48. The molecule has 26 heavy (non-hydrogen) atoms. The van der Waals surface area contributed by atoms with Crippen LogP contribution in [0.15, 0.2) is 18.5 Å². The molecule has 1 saturated carbocycles. The predicted octanol–water partition coefficient (Wildman–Crippen LogP) is 2.95. The molecule has 1 aliphatic carbocycles. The lowest BCUT2D eigenvalue weighted by Gasteiger charge is -2.15. The monoisotopic (exact) mass is 375 g/mol. The summed E-state index contributed by atoms with van der Waals surface area (Å²) in [6.45, 7) is 5.94. The Morgan fingerprint density at radius 3 is 2.92 bits per heavy atom. The molecule has 0 saturated heterocycles. The maximum Gasteiger partial charge on any atom is 0.179 e. The normalized spacial score (nSPS) is 25.3. The molecule has 0 bridgehead atoms. The first-order chi connectivity index (χ1) is 12.4. The molecule has 4 rings (SSSR count). The van der Waals surface area contributed by atoms with Crippen LogP contribution in [0.4, 0.5) is 0 Å². The number of nitrogens with one attached hydrogen (secondary N) is 1. The Labute approximate surface area is 153 Å². The van der Waals surface area contributed by atoms with Crippen LogP contribution in [0, 0.1) is 11.8 Å². The van der Waals surface area contributed by atoms with E-state index in [-0.39, 0.29) is 22.8 Å². The summed E-state index contributed by atoms with van der Waals surface area (Å²) in [5.41, 5.74) is 2.50. The van der Waals surface area contributed by atoms with Gasteiger partial charge >= 0.3 is 0 Å². The first-order valence-electron chi connectivity index (χ1n) is 9.29. The summed E-state index contributed by atoms with van der Waals surface area (Å²) in [5, 5.41) is 8.47. The van der Waals surface area contributed by atoms with Crippen molar-refractivity contribution in [1.82, 2.24) is 24.6 Å². The van der Waals surface area contributed by atoms with Crippen molar-refractivity contribution in [1.29, 1.82) is 0 Å². The number of aromatic nitrogens is 5. The highest BCUT2D eigenvalue weighted by Gasteiger charge is 2.38. The van der Waals surface area contributed by atoms with Crippen molar-refractivity contribution >= 4 is 26.6 Å². The van der Waals surface area contributed by atoms with Crippen LogP contribution in [0.2, 0.25) is 0 Å². The predicted molar refractivity (Wildman–Crippen MR) is 101 cm³/mol. The average Bonchev–Trinajstić information content (AvgIpc) is 3.30. The van der Waals surface area contributed by atoms with Crippen LogP contribution in [0.25, 0.3) is 16.8 Å². The van der Waals surface area contributed by atoms with Gasteiger partial charge in [-0.3, -0.25) is 4.40 Å². The van der Waals surface area contributed by atoms with Crippen molar-refractivity contribution in [2.75, 3.05) is 5.75 Å². The summed E-state index contributed by atoms with van der Waals surface area (Å²) in [6.07, 6.45) is 6.00. The Kier molecular flexibility index (Phi) is 4.25. The zero-order chi connectivity index (χ0) is 18.5. The molecule has 8 heteroatoms. The van der Waals surface area contributed by atoms with E-state index in [4.69, 9.17) is 0 Å². The van der Waals surface area contributed by atoms with Gasteiger partial charge in [-0.2, -0.15) is 0 Å². The first kappa shape index (κ1) is 17.5. The molecule has 0 aliphatic heterocycles. The van der Waals surface area contributed by atoms with Gasteiger partial charge in [-0.25, -0.2) is 13.4 Å². The summed E-state index contributed by atoms with van der Waals surface area (Å²) in [5.74, 6) is 1.97. The molecular formula is C18H25N5O2S. The Morgan fingerprint density at radius 2 is 2.15 bits per heavy atom. The molecule has 1 fully saturated rings. The van der Waals surface area contributed by atoms with Gasteiger partial charge in [-0.05, 0) is 44.1 Å². The number of fused-ring (bicyclic) bond motifs is 3. The van der Waals surface area contributed by atoms with E-state index in [1.807, 2.05) is 26.1 Å². The van der Waals surface area contributed by atoms with Crippen LogP contribution in [0.5, 0.6) is 0 Å². The highest BCUT2D eigenvalue weighted by molar-refractivity contribution is 7.92. The third-order valence-corrected chi connectivity index (χ3v) is 8.43. The topological polar surface area (TPSA) is 93.0 Å². The summed E-state index contributed by atoms with van der Waals surface area (Å²) in [7, 11) is -3.04. The molecule has 140 valence electrons. The number of sulfone groups is 1. The van der Waals surface area contributed by atoms with E-state index in [0.717, 1.165) is 35.5 Å². The molecule has 0 radical (unpaired) electrons. The first-order valence-corrected chi connectivity index (χ1v) is 11.0. The lowest BCUT2D eigenvalue weighted by atomic mass is 9.97. The molecule has 1 N–H and O–H groups in total. The lowest BCUT2D eigenvalue weighted by molar-refractivity contribution is 0.504. The number of hydrogen-bond acceptors (Lipinski definition) is 5. The number of aromatic amines is 1. The van der Waals surface area contributed by atoms with Gasteiger partial charge in [-0.15, -0.1) is 10.2 Å². The number of nitrogens with zero attached hydrogens (tertiary/aromatic N) is 4. The second kappa shape index (κ2) is 6.33. The minimum atomic E-state index is -3.04. The minimum Gasteiger partial charge on any atom is -0.345 e. The fourth-order valence-corrected chi connectivity index (χ4v) is 6.02. The lowest BCUT2D eigenvalue weighted by Crippen LogP contribution is -2.24. The van der Waals surface area contributed by atoms with Crippen molar-refractivity contribution in [3.05, 3.63) is 24.3 Å². The number of rotatable bonds is 5. The van der Waals surface area contributed by atoms with Crippen LogP contribution in [-0.4, -0.2) is 44.0 Å². The van der Waals surface area contributed by atoms with E-state index in [1.54, 1.807) is 6.20 Å². The van der Waals surface area contributed by atoms with Gasteiger partial charge in [0.1, 0.15) is 5.82 Å².